The number of ether oxygens (including phenoxy) is 1. The van der Waals surface area contributed by atoms with Crippen molar-refractivity contribution in [2.75, 3.05) is 13.2 Å². The molecule has 1 heterocycles. The molecular formula is C8H15NO. The fraction of sp³-hybridized carbons (Fsp3) is 0.750. The van der Waals surface area contributed by atoms with Crippen LogP contribution >= 0.6 is 0 Å². The van der Waals surface area contributed by atoms with Gasteiger partial charge in [0.05, 0.1) is 6.61 Å². The van der Waals surface area contributed by atoms with Gasteiger partial charge in [0.1, 0.15) is 0 Å². The highest BCUT2D eigenvalue weighted by Gasteiger charge is 2.15. The summed E-state index contributed by atoms with van der Waals surface area (Å²) in [6.45, 7) is 10.1. The van der Waals surface area contributed by atoms with Crippen LogP contribution in [0, 0.1) is 0 Å². The summed E-state index contributed by atoms with van der Waals surface area (Å²) in [5.41, 5.74) is 0. The molecule has 2 nitrogen and oxygen atoms in total. The average Bonchev–Trinajstić information content (AvgIpc) is 1.88. The van der Waals surface area contributed by atoms with Gasteiger partial charge in [-0.1, -0.05) is 0 Å². The van der Waals surface area contributed by atoms with Crippen LogP contribution in [0.15, 0.2) is 12.5 Å². The molecule has 1 aliphatic heterocycles. The summed E-state index contributed by atoms with van der Waals surface area (Å²) in [6, 6.07) is 0.521. The highest BCUT2D eigenvalue weighted by molar-refractivity contribution is 4.88. The van der Waals surface area contributed by atoms with Gasteiger partial charge in [-0.3, -0.25) is 0 Å². The average molecular weight is 141 g/mol. The Hall–Kier alpha value is -0.660. The SMILES string of the molecule is C=C1OCCCN1C(C)C. The minimum atomic E-state index is 0.521. The zero-order chi connectivity index (χ0) is 7.56. The van der Waals surface area contributed by atoms with Crippen LogP contribution in [0.5, 0.6) is 0 Å². The lowest BCUT2D eigenvalue weighted by atomic mass is 10.3. The van der Waals surface area contributed by atoms with Gasteiger partial charge in [0, 0.05) is 12.6 Å². The lowest BCUT2D eigenvalue weighted by molar-refractivity contribution is 0.0490. The van der Waals surface area contributed by atoms with E-state index in [1.807, 2.05) is 0 Å². The fourth-order valence-corrected chi connectivity index (χ4v) is 1.18. The van der Waals surface area contributed by atoms with Crippen LogP contribution < -0.4 is 0 Å². The maximum atomic E-state index is 5.28. The van der Waals surface area contributed by atoms with E-state index in [4.69, 9.17) is 4.74 Å². The Labute approximate surface area is 62.5 Å². The summed E-state index contributed by atoms with van der Waals surface area (Å²) in [7, 11) is 0. The molecule has 58 valence electrons. The van der Waals surface area contributed by atoms with E-state index in [1.54, 1.807) is 0 Å². The van der Waals surface area contributed by atoms with Gasteiger partial charge in [0.15, 0.2) is 5.88 Å². The smallest absolute Gasteiger partial charge is 0.181 e. The monoisotopic (exact) mass is 141 g/mol. The summed E-state index contributed by atoms with van der Waals surface area (Å²) in [4.78, 5) is 2.18. The first-order valence-corrected chi connectivity index (χ1v) is 3.80. The molecule has 0 radical (unpaired) electrons. The lowest BCUT2D eigenvalue weighted by Crippen LogP contribution is -2.35. The molecule has 0 aromatic carbocycles. The van der Waals surface area contributed by atoms with Crippen molar-refractivity contribution in [2.45, 2.75) is 26.3 Å². The van der Waals surface area contributed by atoms with Crippen LogP contribution in [0.1, 0.15) is 20.3 Å². The Morgan fingerprint density at radius 1 is 1.60 bits per heavy atom. The second-order valence-electron chi connectivity index (χ2n) is 2.88. The quantitative estimate of drug-likeness (QED) is 0.550. The van der Waals surface area contributed by atoms with Crippen LogP contribution in [-0.4, -0.2) is 24.1 Å². The zero-order valence-corrected chi connectivity index (χ0v) is 6.76. The molecule has 0 aliphatic carbocycles. The molecule has 0 unspecified atom stereocenters. The van der Waals surface area contributed by atoms with Gasteiger partial charge in [0.2, 0.25) is 0 Å². The van der Waals surface area contributed by atoms with E-state index in [9.17, 15) is 0 Å². The largest absolute Gasteiger partial charge is 0.479 e. The van der Waals surface area contributed by atoms with Gasteiger partial charge in [-0.15, -0.1) is 0 Å². The number of nitrogens with zero attached hydrogens (tertiary/aromatic N) is 1. The van der Waals surface area contributed by atoms with Crippen molar-refractivity contribution < 1.29 is 4.74 Å². The van der Waals surface area contributed by atoms with E-state index in [-0.39, 0.29) is 0 Å². The topological polar surface area (TPSA) is 12.5 Å². The first-order valence-electron chi connectivity index (χ1n) is 3.80. The van der Waals surface area contributed by atoms with Crippen LogP contribution in [0.4, 0.5) is 0 Å². The number of hydrogen-bond acceptors (Lipinski definition) is 2. The molecule has 1 fully saturated rings. The predicted octanol–water partition coefficient (Wildman–Crippen LogP) is 1.59. The molecule has 0 N–H and O–H groups in total. The van der Waals surface area contributed by atoms with E-state index in [2.05, 4.69) is 25.3 Å². The Bertz CT molecular complexity index is 131. The van der Waals surface area contributed by atoms with Crippen molar-refractivity contribution in [3.63, 3.8) is 0 Å². The van der Waals surface area contributed by atoms with E-state index in [1.165, 1.54) is 0 Å². The first kappa shape index (κ1) is 7.45. The summed E-state index contributed by atoms with van der Waals surface area (Å²) in [5.74, 6) is 0.834. The summed E-state index contributed by atoms with van der Waals surface area (Å²) >= 11 is 0. The molecule has 0 atom stereocenters. The molecule has 0 aromatic rings. The van der Waals surface area contributed by atoms with Gasteiger partial charge in [-0.2, -0.15) is 0 Å². The van der Waals surface area contributed by atoms with Crippen molar-refractivity contribution in [2.24, 2.45) is 0 Å². The summed E-state index contributed by atoms with van der Waals surface area (Å²) in [5, 5.41) is 0. The van der Waals surface area contributed by atoms with Crippen molar-refractivity contribution in [3.05, 3.63) is 12.5 Å². The maximum Gasteiger partial charge on any atom is 0.181 e. The Morgan fingerprint density at radius 3 is 2.70 bits per heavy atom. The molecule has 0 aromatic heterocycles. The van der Waals surface area contributed by atoms with E-state index in [0.29, 0.717) is 6.04 Å². The molecule has 10 heavy (non-hydrogen) atoms. The highest BCUT2D eigenvalue weighted by Crippen LogP contribution is 2.14. The Morgan fingerprint density at radius 2 is 2.30 bits per heavy atom. The van der Waals surface area contributed by atoms with Gasteiger partial charge < -0.3 is 9.64 Å². The van der Waals surface area contributed by atoms with Gasteiger partial charge in [-0.05, 0) is 26.8 Å². The normalized spacial score (nSPS) is 19.5. The third kappa shape index (κ3) is 1.43. The van der Waals surface area contributed by atoms with Gasteiger partial charge in [0.25, 0.3) is 0 Å². The summed E-state index contributed by atoms with van der Waals surface area (Å²) < 4.78 is 5.28. The van der Waals surface area contributed by atoms with Crippen LogP contribution in [-0.2, 0) is 4.74 Å². The molecule has 1 rings (SSSR count). The van der Waals surface area contributed by atoms with Gasteiger partial charge in [-0.25, -0.2) is 0 Å². The van der Waals surface area contributed by atoms with Crippen molar-refractivity contribution in [3.8, 4) is 0 Å². The highest BCUT2D eigenvalue weighted by atomic mass is 16.5. The van der Waals surface area contributed by atoms with Crippen molar-refractivity contribution >= 4 is 0 Å². The zero-order valence-electron chi connectivity index (χ0n) is 6.76. The summed E-state index contributed by atoms with van der Waals surface area (Å²) in [6.07, 6.45) is 1.12. The standard InChI is InChI=1S/C8H15NO/c1-7(2)9-5-4-6-10-8(9)3/h7H,3-6H2,1-2H3. The molecule has 1 saturated heterocycles. The molecule has 1 aliphatic rings. The van der Waals surface area contributed by atoms with Crippen molar-refractivity contribution in [1.29, 1.82) is 0 Å². The maximum absolute atomic E-state index is 5.28. The Balaban J connectivity index is 2.48. The molecular weight excluding hydrogens is 126 g/mol. The molecule has 0 spiro atoms. The molecule has 0 amide bonds. The first-order chi connectivity index (χ1) is 4.72. The molecule has 2 heteroatoms. The third-order valence-electron chi connectivity index (χ3n) is 1.76. The van der Waals surface area contributed by atoms with Gasteiger partial charge >= 0.3 is 0 Å². The van der Waals surface area contributed by atoms with Crippen LogP contribution in [0.3, 0.4) is 0 Å². The van der Waals surface area contributed by atoms with E-state index >= 15 is 0 Å². The van der Waals surface area contributed by atoms with Crippen LogP contribution in [0.25, 0.3) is 0 Å². The second kappa shape index (κ2) is 2.95. The third-order valence-corrected chi connectivity index (χ3v) is 1.76. The van der Waals surface area contributed by atoms with Crippen molar-refractivity contribution in [1.82, 2.24) is 4.90 Å². The minimum Gasteiger partial charge on any atom is -0.479 e. The van der Waals surface area contributed by atoms with E-state index < -0.39 is 0 Å². The number of hydrogen-bond donors (Lipinski definition) is 0. The second-order valence-corrected chi connectivity index (χ2v) is 2.88. The fourth-order valence-electron chi connectivity index (χ4n) is 1.18. The molecule has 0 bridgehead atoms. The molecule has 0 saturated carbocycles. The number of rotatable bonds is 1. The Kier molecular flexibility index (Phi) is 2.20. The van der Waals surface area contributed by atoms with Crippen LogP contribution in [0.2, 0.25) is 0 Å². The predicted molar refractivity (Wildman–Crippen MR) is 41.6 cm³/mol. The minimum absolute atomic E-state index is 0.521. The lowest BCUT2D eigenvalue weighted by Gasteiger charge is -2.33. The van der Waals surface area contributed by atoms with E-state index in [0.717, 1.165) is 25.5 Å².